The van der Waals surface area contributed by atoms with E-state index in [9.17, 15) is 4.79 Å². The van der Waals surface area contributed by atoms with Crippen LogP contribution in [0.15, 0.2) is 42.9 Å². The van der Waals surface area contributed by atoms with E-state index in [1.54, 1.807) is 12.4 Å². The highest BCUT2D eigenvalue weighted by atomic mass is 16.1. The molecule has 0 spiro atoms. The Kier molecular flexibility index (Phi) is 5.31. The van der Waals surface area contributed by atoms with E-state index in [1.807, 2.05) is 25.3 Å². The van der Waals surface area contributed by atoms with Crippen LogP contribution in [0.2, 0.25) is 0 Å². The number of allylic oxidation sites excluding steroid dienone is 2. The average Bonchev–Trinajstić information content (AvgIpc) is 2.63. The average molecular weight is 322 g/mol. The zero-order chi connectivity index (χ0) is 16.8. The fourth-order valence-corrected chi connectivity index (χ4v) is 2.96. The van der Waals surface area contributed by atoms with Gasteiger partial charge in [0.2, 0.25) is 5.91 Å². The Morgan fingerprint density at radius 1 is 1.29 bits per heavy atom. The molecule has 2 heterocycles. The molecule has 0 saturated carbocycles. The van der Waals surface area contributed by atoms with Crippen LogP contribution in [-0.4, -0.2) is 27.4 Å². The summed E-state index contributed by atoms with van der Waals surface area (Å²) in [7, 11) is 0. The molecule has 2 aromatic heterocycles. The van der Waals surface area contributed by atoms with Crippen molar-refractivity contribution in [2.24, 2.45) is 5.92 Å². The quantitative estimate of drug-likeness (QED) is 0.860. The van der Waals surface area contributed by atoms with Gasteiger partial charge in [-0.05, 0) is 43.9 Å². The number of carbonyl (C=O) groups is 1. The molecule has 124 valence electrons. The predicted octanol–water partition coefficient (Wildman–Crippen LogP) is 2.86. The number of aryl methyl sites for hydroxylation is 1. The van der Waals surface area contributed by atoms with Gasteiger partial charge >= 0.3 is 0 Å². The molecule has 2 aromatic rings. The normalized spacial score (nSPS) is 16.8. The van der Waals surface area contributed by atoms with Crippen LogP contribution in [0.3, 0.4) is 0 Å². The maximum atomic E-state index is 12.2. The first-order chi connectivity index (χ1) is 11.7. The molecule has 1 aliphatic rings. The van der Waals surface area contributed by atoms with Gasteiger partial charge in [0.1, 0.15) is 5.82 Å². The van der Waals surface area contributed by atoms with Crippen LogP contribution in [0.25, 0.3) is 11.1 Å². The van der Waals surface area contributed by atoms with Gasteiger partial charge in [-0.15, -0.1) is 0 Å². The van der Waals surface area contributed by atoms with Crippen molar-refractivity contribution in [2.75, 3.05) is 6.54 Å². The maximum Gasteiger partial charge on any atom is 0.223 e. The summed E-state index contributed by atoms with van der Waals surface area (Å²) in [5.41, 5.74) is 3.00. The van der Waals surface area contributed by atoms with Crippen molar-refractivity contribution < 1.29 is 4.79 Å². The highest BCUT2D eigenvalue weighted by Gasteiger charge is 2.18. The molecule has 3 rings (SSSR count). The van der Waals surface area contributed by atoms with E-state index < -0.39 is 0 Å². The van der Waals surface area contributed by atoms with Gasteiger partial charge in [-0.3, -0.25) is 9.78 Å². The topological polar surface area (TPSA) is 67.8 Å². The summed E-state index contributed by atoms with van der Waals surface area (Å²) in [5, 5.41) is 3.05. The van der Waals surface area contributed by atoms with Gasteiger partial charge in [0.15, 0.2) is 0 Å². The number of amides is 1. The van der Waals surface area contributed by atoms with Crippen molar-refractivity contribution in [3.63, 3.8) is 0 Å². The largest absolute Gasteiger partial charge is 0.355 e. The van der Waals surface area contributed by atoms with Crippen LogP contribution in [0.1, 0.15) is 30.8 Å². The number of hydrogen-bond donors (Lipinski definition) is 1. The Balaban J connectivity index is 1.65. The van der Waals surface area contributed by atoms with Crippen molar-refractivity contribution in [2.45, 2.75) is 32.6 Å². The van der Waals surface area contributed by atoms with Gasteiger partial charge in [-0.2, -0.15) is 0 Å². The minimum Gasteiger partial charge on any atom is -0.355 e. The number of pyridine rings is 1. The second-order valence-corrected chi connectivity index (χ2v) is 6.04. The van der Waals surface area contributed by atoms with Crippen molar-refractivity contribution in [3.8, 4) is 11.1 Å². The van der Waals surface area contributed by atoms with Gasteiger partial charge in [0, 0.05) is 43.0 Å². The van der Waals surface area contributed by atoms with Gasteiger partial charge in [-0.1, -0.05) is 12.2 Å². The Labute approximate surface area is 142 Å². The molecule has 1 aliphatic carbocycles. The third kappa shape index (κ3) is 4.04. The van der Waals surface area contributed by atoms with Gasteiger partial charge in [0.25, 0.3) is 0 Å². The molecule has 0 radical (unpaired) electrons. The fraction of sp³-hybridized carbons (Fsp3) is 0.368. The molecule has 1 atom stereocenters. The lowest BCUT2D eigenvalue weighted by Gasteiger charge is -2.17. The molecule has 1 amide bonds. The van der Waals surface area contributed by atoms with E-state index in [1.165, 1.54) is 0 Å². The minimum atomic E-state index is 0.113. The second-order valence-electron chi connectivity index (χ2n) is 6.04. The van der Waals surface area contributed by atoms with E-state index >= 15 is 0 Å². The Morgan fingerprint density at radius 3 is 2.88 bits per heavy atom. The molecular weight excluding hydrogens is 300 g/mol. The van der Waals surface area contributed by atoms with Gasteiger partial charge in [-0.25, -0.2) is 9.97 Å². The summed E-state index contributed by atoms with van der Waals surface area (Å²) in [5.74, 6) is 1.00. The zero-order valence-electron chi connectivity index (χ0n) is 13.9. The lowest BCUT2D eigenvalue weighted by Crippen LogP contribution is -2.32. The molecule has 0 aliphatic heterocycles. The minimum absolute atomic E-state index is 0.113. The van der Waals surface area contributed by atoms with Gasteiger partial charge < -0.3 is 5.32 Å². The molecule has 5 nitrogen and oxygen atoms in total. The van der Waals surface area contributed by atoms with Crippen LogP contribution in [0.4, 0.5) is 0 Å². The van der Waals surface area contributed by atoms with Crippen molar-refractivity contribution in [1.82, 2.24) is 20.3 Å². The summed E-state index contributed by atoms with van der Waals surface area (Å²) < 4.78 is 0. The Bertz CT molecular complexity index is 727. The number of carbonyl (C=O) groups excluding carboxylic acids is 1. The number of nitrogens with zero attached hydrogens (tertiary/aromatic N) is 3. The van der Waals surface area contributed by atoms with E-state index in [4.69, 9.17) is 0 Å². The third-order valence-electron chi connectivity index (χ3n) is 4.28. The van der Waals surface area contributed by atoms with Crippen molar-refractivity contribution >= 4 is 5.91 Å². The monoisotopic (exact) mass is 322 g/mol. The van der Waals surface area contributed by atoms with Crippen LogP contribution in [0.5, 0.6) is 0 Å². The fourth-order valence-electron chi connectivity index (χ4n) is 2.96. The van der Waals surface area contributed by atoms with E-state index in [0.29, 0.717) is 13.0 Å². The second kappa shape index (κ2) is 7.81. The number of aromatic nitrogens is 3. The summed E-state index contributed by atoms with van der Waals surface area (Å²) in [6.45, 7) is 2.47. The smallest absolute Gasteiger partial charge is 0.223 e. The summed E-state index contributed by atoms with van der Waals surface area (Å²) in [6.07, 6.45) is 13.1. The molecule has 0 aromatic carbocycles. The number of hydrogen-bond acceptors (Lipinski definition) is 4. The standard InChI is InChI=1S/C19H22N4O/c1-14-22-13-17(15-7-10-20-11-8-15)18(23-14)9-12-21-19(24)16-5-3-2-4-6-16/h2-3,7-8,10-11,13,16H,4-6,9,12H2,1H3,(H,21,24)/t16-/m1/s1. The van der Waals surface area contributed by atoms with E-state index in [-0.39, 0.29) is 11.8 Å². The molecule has 0 unspecified atom stereocenters. The summed E-state index contributed by atoms with van der Waals surface area (Å²) >= 11 is 0. The Hall–Kier alpha value is -2.56. The maximum absolute atomic E-state index is 12.2. The highest BCUT2D eigenvalue weighted by Crippen LogP contribution is 2.21. The van der Waals surface area contributed by atoms with Crippen LogP contribution in [-0.2, 0) is 11.2 Å². The molecular formula is C19H22N4O. The molecule has 0 saturated heterocycles. The van der Waals surface area contributed by atoms with Crippen LogP contribution in [0, 0.1) is 12.8 Å². The molecule has 5 heteroatoms. The first-order valence-electron chi connectivity index (χ1n) is 8.39. The Morgan fingerprint density at radius 2 is 2.12 bits per heavy atom. The molecule has 0 fully saturated rings. The summed E-state index contributed by atoms with van der Waals surface area (Å²) in [6, 6.07) is 3.90. The molecule has 1 N–H and O–H groups in total. The van der Waals surface area contributed by atoms with Crippen molar-refractivity contribution in [3.05, 3.63) is 54.4 Å². The molecule has 24 heavy (non-hydrogen) atoms. The highest BCUT2D eigenvalue weighted by molar-refractivity contribution is 5.79. The number of nitrogens with one attached hydrogen (secondary N) is 1. The van der Waals surface area contributed by atoms with Crippen LogP contribution >= 0.6 is 0 Å². The first-order valence-corrected chi connectivity index (χ1v) is 8.39. The lowest BCUT2D eigenvalue weighted by atomic mass is 9.93. The van der Waals surface area contributed by atoms with Crippen LogP contribution < -0.4 is 5.32 Å². The first kappa shape index (κ1) is 16.3. The number of rotatable bonds is 5. The van der Waals surface area contributed by atoms with Crippen molar-refractivity contribution in [1.29, 1.82) is 0 Å². The van der Waals surface area contributed by atoms with E-state index in [2.05, 4.69) is 32.4 Å². The SMILES string of the molecule is Cc1ncc(-c2ccncc2)c(CCNC(=O)[C@@H]2CC=CCC2)n1. The third-order valence-corrected chi connectivity index (χ3v) is 4.28. The van der Waals surface area contributed by atoms with Gasteiger partial charge in [0.05, 0.1) is 5.69 Å². The zero-order valence-corrected chi connectivity index (χ0v) is 13.9. The summed E-state index contributed by atoms with van der Waals surface area (Å²) in [4.78, 5) is 25.1. The predicted molar refractivity (Wildman–Crippen MR) is 93.2 cm³/mol. The lowest BCUT2D eigenvalue weighted by molar-refractivity contribution is -0.125. The van der Waals surface area contributed by atoms with E-state index in [0.717, 1.165) is 41.9 Å². The molecule has 0 bridgehead atoms.